The normalized spacial score (nSPS) is 11.2. The molecule has 0 aliphatic carbocycles. The van der Waals surface area contributed by atoms with Crippen molar-refractivity contribution in [3.63, 3.8) is 0 Å². The van der Waals surface area contributed by atoms with Crippen molar-refractivity contribution in [2.24, 2.45) is 0 Å². The molecule has 2 aromatic carbocycles. The number of ether oxygens (including phenoxy) is 1. The van der Waals surface area contributed by atoms with E-state index in [1.54, 1.807) is 25.3 Å². The first-order valence-electron chi connectivity index (χ1n) is 8.14. The standard InChI is InChI=1S/C18H20Cl2N2O4S/c1-26-11-5-10-21-18(23)13-22(17-9-8-14(19)12-16(17)20)27(24,25)15-6-3-2-4-7-15/h2-4,6-9,12H,5,10-11,13H2,1H3,(H,21,23). The summed E-state index contributed by atoms with van der Waals surface area (Å²) in [7, 11) is -2.43. The molecule has 0 aliphatic heterocycles. The quantitative estimate of drug-likeness (QED) is 0.618. The van der Waals surface area contributed by atoms with Crippen molar-refractivity contribution in [3.8, 4) is 0 Å². The molecule has 2 rings (SSSR count). The number of halogens is 2. The first kappa shape index (κ1) is 21.5. The predicted molar refractivity (Wildman–Crippen MR) is 107 cm³/mol. The van der Waals surface area contributed by atoms with Crippen LogP contribution >= 0.6 is 23.2 Å². The van der Waals surface area contributed by atoms with E-state index in [1.165, 1.54) is 30.3 Å². The number of rotatable bonds is 9. The molecule has 0 fully saturated rings. The molecule has 1 N–H and O–H groups in total. The van der Waals surface area contributed by atoms with Crippen LogP contribution in [0.3, 0.4) is 0 Å². The average Bonchev–Trinajstić information content (AvgIpc) is 2.64. The van der Waals surface area contributed by atoms with Gasteiger partial charge in [0.2, 0.25) is 5.91 Å². The van der Waals surface area contributed by atoms with Gasteiger partial charge in [-0.2, -0.15) is 0 Å². The highest BCUT2D eigenvalue weighted by atomic mass is 35.5. The molecule has 0 saturated carbocycles. The largest absolute Gasteiger partial charge is 0.385 e. The van der Waals surface area contributed by atoms with Gasteiger partial charge in [0, 0.05) is 25.3 Å². The van der Waals surface area contributed by atoms with Gasteiger partial charge < -0.3 is 10.1 Å². The molecule has 146 valence electrons. The van der Waals surface area contributed by atoms with Crippen molar-refractivity contribution in [1.29, 1.82) is 0 Å². The Morgan fingerprint density at radius 2 is 1.85 bits per heavy atom. The summed E-state index contributed by atoms with van der Waals surface area (Å²) in [4.78, 5) is 12.4. The number of carbonyl (C=O) groups excluding carboxylic acids is 1. The van der Waals surface area contributed by atoms with Gasteiger partial charge in [-0.05, 0) is 36.8 Å². The third-order valence-electron chi connectivity index (χ3n) is 3.64. The fourth-order valence-corrected chi connectivity index (χ4v) is 4.36. The maximum Gasteiger partial charge on any atom is 0.264 e. The summed E-state index contributed by atoms with van der Waals surface area (Å²) in [6.45, 7) is 0.459. The molecule has 6 nitrogen and oxygen atoms in total. The Kier molecular flexibility index (Phi) is 7.91. The van der Waals surface area contributed by atoms with Crippen molar-refractivity contribution in [2.45, 2.75) is 11.3 Å². The van der Waals surface area contributed by atoms with E-state index in [0.29, 0.717) is 24.6 Å². The maximum absolute atomic E-state index is 13.1. The summed E-state index contributed by atoms with van der Waals surface area (Å²) in [5, 5.41) is 3.18. The molecule has 0 aromatic heterocycles. The maximum atomic E-state index is 13.1. The van der Waals surface area contributed by atoms with E-state index >= 15 is 0 Å². The van der Waals surface area contributed by atoms with Crippen LogP contribution in [-0.4, -0.2) is 41.1 Å². The number of anilines is 1. The molecule has 0 atom stereocenters. The number of methoxy groups -OCH3 is 1. The van der Waals surface area contributed by atoms with E-state index in [9.17, 15) is 13.2 Å². The van der Waals surface area contributed by atoms with Crippen molar-refractivity contribution in [1.82, 2.24) is 5.32 Å². The molecule has 2 aromatic rings. The number of nitrogens with one attached hydrogen (secondary N) is 1. The van der Waals surface area contributed by atoms with Gasteiger partial charge in [0.15, 0.2) is 0 Å². The number of carbonyl (C=O) groups is 1. The lowest BCUT2D eigenvalue weighted by Gasteiger charge is -2.25. The summed E-state index contributed by atoms with van der Waals surface area (Å²) in [5.41, 5.74) is 0.178. The monoisotopic (exact) mass is 430 g/mol. The minimum Gasteiger partial charge on any atom is -0.385 e. The van der Waals surface area contributed by atoms with Crippen LogP contribution in [0.1, 0.15) is 6.42 Å². The number of benzene rings is 2. The lowest BCUT2D eigenvalue weighted by Crippen LogP contribution is -2.41. The Labute approximate surface area is 169 Å². The molecule has 0 saturated heterocycles. The first-order valence-corrected chi connectivity index (χ1v) is 10.3. The van der Waals surface area contributed by atoms with E-state index in [0.717, 1.165) is 4.31 Å². The summed E-state index contributed by atoms with van der Waals surface area (Å²) in [6, 6.07) is 12.3. The molecule has 0 unspecified atom stereocenters. The highest BCUT2D eigenvalue weighted by Gasteiger charge is 2.28. The van der Waals surface area contributed by atoms with Crippen LogP contribution in [0.4, 0.5) is 5.69 Å². The Bertz CT molecular complexity index is 876. The van der Waals surface area contributed by atoms with Gasteiger partial charge in [-0.25, -0.2) is 8.42 Å². The molecular weight excluding hydrogens is 411 g/mol. The molecule has 1 amide bonds. The van der Waals surface area contributed by atoms with Crippen LogP contribution in [0.25, 0.3) is 0 Å². The molecule has 0 radical (unpaired) electrons. The molecular formula is C18H20Cl2N2O4S. The lowest BCUT2D eigenvalue weighted by atomic mass is 10.3. The average molecular weight is 431 g/mol. The second kappa shape index (κ2) is 9.94. The van der Waals surface area contributed by atoms with Crippen molar-refractivity contribution in [2.75, 3.05) is 31.1 Å². The minimum atomic E-state index is -4.00. The van der Waals surface area contributed by atoms with E-state index in [1.807, 2.05) is 0 Å². The van der Waals surface area contributed by atoms with Crippen LogP contribution in [-0.2, 0) is 19.6 Å². The highest BCUT2D eigenvalue weighted by Crippen LogP contribution is 2.32. The van der Waals surface area contributed by atoms with Gasteiger partial charge in [-0.1, -0.05) is 41.4 Å². The Morgan fingerprint density at radius 3 is 2.48 bits per heavy atom. The first-order chi connectivity index (χ1) is 12.9. The van der Waals surface area contributed by atoms with Crippen molar-refractivity contribution >= 4 is 44.8 Å². The van der Waals surface area contributed by atoms with Crippen LogP contribution in [0.2, 0.25) is 10.0 Å². The third kappa shape index (κ3) is 5.84. The molecule has 0 bridgehead atoms. The Hall–Kier alpha value is -1.80. The summed E-state index contributed by atoms with van der Waals surface area (Å²) in [6.07, 6.45) is 0.620. The van der Waals surface area contributed by atoms with E-state index in [4.69, 9.17) is 27.9 Å². The van der Waals surface area contributed by atoms with Crippen LogP contribution in [0.5, 0.6) is 0 Å². The zero-order valence-electron chi connectivity index (χ0n) is 14.7. The fraction of sp³-hybridized carbons (Fsp3) is 0.278. The van der Waals surface area contributed by atoms with Gasteiger partial charge in [0.1, 0.15) is 6.54 Å². The topological polar surface area (TPSA) is 75.7 Å². The predicted octanol–water partition coefficient (Wildman–Crippen LogP) is 3.34. The zero-order valence-corrected chi connectivity index (χ0v) is 17.0. The molecule has 9 heteroatoms. The van der Waals surface area contributed by atoms with Gasteiger partial charge in [0.25, 0.3) is 10.0 Å². The van der Waals surface area contributed by atoms with Crippen molar-refractivity contribution < 1.29 is 17.9 Å². The van der Waals surface area contributed by atoms with Gasteiger partial charge in [0.05, 0.1) is 15.6 Å². The van der Waals surface area contributed by atoms with Gasteiger partial charge in [-0.3, -0.25) is 9.10 Å². The van der Waals surface area contributed by atoms with Crippen LogP contribution in [0, 0.1) is 0 Å². The molecule has 0 aliphatic rings. The number of hydrogen-bond acceptors (Lipinski definition) is 4. The molecule has 27 heavy (non-hydrogen) atoms. The lowest BCUT2D eigenvalue weighted by molar-refractivity contribution is -0.119. The fourth-order valence-electron chi connectivity index (χ4n) is 2.33. The number of hydrogen-bond donors (Lipinski definition) is 1. The van der Waals surface area contributed by atoms with E-state index < -0.39 is 22.5 Å². The van der Waals surface area contributed by atoms with Crippen LogP contribution in [0.15, 0.2) is 53.4 Å². The summed E-state index contributed by atoms with van der Waals surface area (Å²) < 4.78 is 32.1. The summed E-state index contributed by atoms with van der Waals surface area (Å²) in [5.74, 6) is -0.448. The van der Waals surface area contributed by atoms with Crippen molar-refractivity contribution in [3.05, 3.63) is 58.6 Å². The SMILES string of the molecule is COCCCNC(=O)CN(c1ccc(Cl)cc1Cl)S(=O)(=O)c1ccccc1. The molecule has 0 heterocycles. The minimum absolute atomic E-state index is 0.0585. The number of nitrogens with zero attached hydrogens (tertiary/aromatic N) is 1. The smallest absolute Gasteiger partial charge is 0.264 e. The molecule has 0 spiro atoms. The zero-order chi connectivity index (χ0) is 19.9. The highest BCUT2D eigenvalue weighted by molar-refractivity contribution is 7.92. The number of amides is 1. The van der Waals surface area contributed by atoms with Gasteiger partial charge >= 0.3 is 0 Å². The van der Waals surface area contributed by atoms with Crippen LogP contribution < -0.4 is 9.62 Å². The number of sulfonamides is 1. The third-order valence-corrected chi connectivity index (χ3v) is 5.96. The van der Waals surface area contributed by atoms with E-state index in [2.05, 4.69) is 5.32 Å². The Morgan fingerprint density at radius 1 is 1.15 bits per heavy atom. The van der Waals surface area contributed by atoms with Gasteiger partial charge in [-0.15, -0.1) is 0 Å². The Balaban J connectivity index is 2.33. The second-order valence-corrected chi connectivity index (χ2v) is 8.32. The van der Waals surface area contributed by atoms with E-state index in [-0.39, 0.29) is 15.6 Å². The summed E-state index contributed by atoms with van der Waals surface area (Å²) >= 11 is 12.1. The second-order valence-electron chi connectivity index (χ2n) is 5.62.